The second-order valence-corrected chi connectivity index (χ2v) is 5.02. The third-order valence-corrected chi connectivity index (χ3v) is 3.63. The van der Waals surface area contributed by atoms with Gasteiger partial charge in [-0.2, -0.15) is 5.10 Å². The van der Waals surface area contributed by atoms with Crippen LogP contribution in [0.25, 0.3) is 0 Å². The van der Waals surface area contributed by atoms with Gasteiger partial charge in [0.25, 0.3) is 0 Å². The topological polar surface area (TPSA) is 50.1 Å². The van der Waals surface area contributed by atoms with Crippen LogP contribution in [-0.4, -0.2) is 28.0 Å². The highest BCUT2D eigenvalue weighted by Crippen LogP contribution is 2.26. The molecule has 0 atom stereocenters. The van der Waals surface area contributed by atoms with E-state index in [0.29, 0.717) is 6.04 Å². The van der Waals surface area contributed by atoms with Crippen molar-refractivity contribution in [1.82, 2.24) is 9.78 Å². The number of anilines is 1. The number of aliphatic hydroxyl groups is 1. The minimum absolute atomic E-state index is 0.0140. The summed E-state index contributed by atoms with van der Waals surface area (Å²) in [5, 5.41) is 17.1. The van der Waals surface area contributed by atoms with E-state index in [9.17, 15) is 5.11 Å². The number of aliphatic hydroxyl groups excluding tert-OH is 1. The van der Waals surface area contributed by atoms with Crippen molar-refractivity contribution in [2.75, 3.05) is 18.5 Å². The van der Waals surface area contributed by atoms with E-state index in [1.807, 2.05) is 17.1 Å². The highest BCUT2D eigenvalue weighted by Gasteiger charge is 2.24. The van der Waals surface area contributed by atoms with Crippen LogP contribution in [0, 0.1) is 5.41 Å². The smallest absolute Gasteiger partial charge is 0.0726 e. The zero-order chi connectivity index (χ0) is 12.9. The number of aromatic nitrogens is 2. The Morgan fingerprint density at radius 3 is 2.47 bits per heavy atom. The van der Waals surface area contributed by atoms with E-state index in [2.05, 4.69) is 38.1 Å². The minimum Gasteiger partial charge on any atom is -0.396 e. The van der Waals surface area contributed by atoms with Crippen LogP contribution in [0.2, 0.25) is 0 Å². The average Bonchev–Trinajstić information content (AvgIpc) is 2.81. The summed E-state index contributed by atoms with van der Waals surface area (Å²) in [6.45, 7) is 9.48. The van der Waals surface area contributed by atoms with Gasteiger partial charge in [-0.15, -0.1) is 0 Å². The van der Waals surface area contributed by atoms with Gasteiger partial charge < -0.3 is 10.4 Å². The summed E-state index contributed by atoms with van der Waals surface area (Å²) in [6.07, 6.45) is 5.81. The third-order valence-electron chi connectivity index (χ3n) is 3.63. The van der Waals surface area contributed by atoms with Gasteiger partial charge in [0.1, 0.15) is 0 Å². The van der Waals surface area contributed by atoms with Crippen molar-refractivity contribution in [3.8, 4) is 0 Å². The molecule has 4 nitrogen and oxygen atoms in total. The molecule has 0 radical (unpaired) electrons. The highest BCUT2D eigenvalue weighted by molar-refractivity contribution is 5.38. The zero-order valence-electron chi connectivity index (χ0n) is 11.4. The van der Waals surface area contributed by atoms with Crippen molar-refractivity contribution < 1.29 is 5.11 Å². The van der Waals surface area contributed by atoms with Gasteiger partial charge in [0, 0.05) is 24.2 Å². The van der Waals surface area contributed by atoms with E-state index in [1.165, 1.54) is 0 Å². The molecule has 0 fully saturated rings. The zero-order valence-corrected chi connectivity index (χ0v) is 11.4. The van der Waals surface area contributed by atoms with E-state index >= 15 is 0 Å². The second kappa shape index (κ2) is 6.05. The van der Waals surface area contributed by atoms with Gasteiger partial charge in [-0.1, -0.05) is 13.8 Å². The second-order valence-electron chi connectivity index (χ2n) is 5.02. The fourth-order valence-electron chi connectivity index (χ4n) is 1.78. The van der Waals surface area contributed by atoms with E-state index < -0.39 is 0 Å². The number of hydrogen-bond acceptors (Lipinski definition) is 3. The maximum Gasteiger partial charge on any atom is 0.0726 e. The first-order valence-corrected chi connectivity index (χ1v) is 6.45. The van der Waals surface area contributed by atoms with Crippen LogP contribution in [0.1, 0.15) is 46.6 Å². The maximum atomic E-state index is 9.49. The van der Waals surface area contributed by atoms with Crippen LogP contribution in [0.4, 0.5) is 5.69 Å². The van der Waals surface area contributed by atoms with Crippen LogP contribution >= 0.6 is 0 Å². The molecule has 0 saturated carbocycles. The molecular weight excluding hydrogens is 214 g/mol. The van der Waals surface area contributed by atoms with E-state index in [0.717, 1.165) is 25.1 Å². The average molecular weight is 239 g/mol. The fraction of sp³-hybridized carbons (Fsp3) is 0.769. The van der Waals surface area contributed by atoms with Gasteiger partial charge in [0.2, 0.25) is 0 Å². The van der Waals surface area contributed by atoms with Crippen LogP contribution in [-0.2, 0) is 0 Å². The number of nitrogens with zero attached hydrogens (tertiary/aromatic N) is 2. The van der Waals surface area contributed by atoms with Gasteiger partial charge in [-0.05, 0) is 26.7 Å². The van der Waals surface area contributed by atoms with Gasteiger partial charge in [0.05, 0.1) is 18.5 Å². The lowest BCUT2D eigenvalue weighted by Crippen LogP contribution is -2.32. The lowest BCUT2D eigenvalue weighted by molar-refractivity contribution is 0.127. The first kappa shape index (κ1) is 14.0. The molecular formula is C13H25N3O. The molecule has 0 aliphatic rings. The van der Waals surface area contributed by atoms with Crippen LogP contribution in [0.15, 0.2) is 12.4 Å². The Labute approximate surface area is 104 Å². The lowest BCUT2D eigenvalue weighted by Gasteiger charge is -2.29. The summed E-state index contributed by atoms with van der Waals surface area (Å²) in [5.41, 5.74) is 1.01. The van der Waals surface area contributed by atoms with Gasteiger partial charge >= 0.3 is 0 Å². The van der Waals surface area contributed by atoms with Crippen LogP contribution < -0.4 is 5.32 Å². The number of nitrogens with one attached hydrogen (secondary N) is 1. The lowest BCUT2D eigenvalue weighted by atomic mass is 9.83. The molecule has 0 spiro atoms. The van der Waals surface area contributed by atoms with E-state index in [1.54, 1.807) is 0 Å². The molecule has 1 aromatic rings. The van der Waals surface area contributed by atoms with Crippen molar-refractivity contribution in [2.45, 2.75) is 46.6 Å². The van der Waals surface area contributed by atoms with Gasteiger partial charge in [-0.25, -0.2) is 0 Å². The molecule has 4 heteroatoms. The standard InChI is InChI=1S/C13H25N3O/c1-5-13(6-2,10-17)9-14-12-7-15-16(8-12)11(3)4/h7-8,11,14,17H,5-6,9-10H2,1-4H3. The number of rotatable bonds is 7. The molecule has 1 aromatic heterocycles. The Morgan fingerprint density at radius 2 is 2.06 bits per heavy atom. The Hall–Kier alpha value is -1.03. The third kappa shape index (κ3) is 3.46. The Bertz CT molecular complexity index is 321. The molecule has 2 N–H and O–H groups in total. The first-order valence-electron chi connectivity index (χ1n) is 6.45. The van der Waals surface area contributed by atoms with E-state index in [4.69, 9.17) is 0 Å². The molecule has 0 saturated heterocycles. The van der Waals surface area contributed by atoms with Crippen molar-refractivity contribution in [1.29, 1.82) is 0 Å². The molecule has 0 aliphatic carbocycles. The van der Waals surface area contributed by atoms with Crippen molar-refractivity contribution in [3.05, 3.63) is 12.4 Å². The minimum atomic E-state index is -0.0140. The molecule has 1 heterocycles. The quantitative estimate of drug-likeness (QED) is 0.769. The van der Waals surface area contributed by atoms with Crippen molar-refractivity contribution >= 4 is 5.69 Å². The summed E-state index contributed by atoms with van der Waals surface area (Å²) >= 11 is 0. The summed E-state index contributed by atoms with van der Waals surface area (Å²) in [5.74, 6) is 0. The number of hydrogen-bond donors (Lipinski definition) is 2. The summed E-state index contributed by atoms with van der Waals surface area (Å²) in [6, 6.07) is 0.380. The molecule has 0 bridgehead atoms. The first-order chi connectivity index (χ1) is 8.06. The summed E-state index contributed by atoms with van der Waals surface area (Å²) in [4.78, 5) is 0. The normalized spacial score (nSPS) is 12.1. The SMILES string of the molecule is CCC(CC)(CO)CNc1cnn(C(C)C)c1. The summed E-state index contributed by atoms with van der Waals surface area (Å²) in [7, 11) is 0. The highest BCUT2D eigenvalue weighted by atomic mass is 16.3. The summed E-state index contributed by atoms with van der Waals surface area (Å²) < 4.78 is 1.93. The predicted molar refractivity (Wildman–Crippen MR) is 71.2 cm³/mol. The molecule has 0 aromatic carbocycles. The molecule has 98 valence electrons. The van der Waals surface area contributed by atoms with Crippen LogP contribution in [0.3, 0.4) is 0 Å². The molecule has 0 aliphatic heterocycles. The fourth-order valence-corrected chi connectivity index (χ4v) is 1.78. The van der Waals surface area contributed by atoms with E-state index in [-0.39, 0.29) is 12.0 Å². The maximum absolute atomic E-state index is 9.49. The van der Waals surface area contributed by atoms with Crippen molar-refractivity contribution in [3.63, 3.8) is 0 Å². The molecule has 0 unspecified atom stereocenters. The van der Waals surface area contributed by atoms with Gasteiger partial charge in [-0.3, -0.25) is 4.68 Å². The Morgan fingerprint density at radius 1 is 1.41 bits per heavy atom. The molecule has 0 amide bonds. The molecule has 1 rings (SSSR count). The predicted octanol–water partition coefficient (Wildman–Crippen LogP) is 2.67. The molecule has 17 heavy (non-hydrogen) atoms. The monoisotopic (exact) mass is 239 g/mol. The Kier molecular flexibility index (Phi) is 5.00. The van der Waals surface area contributed by atoms with Crippen LogP contribution in [0.5, 0.6) is 0 Å². The largest absolute Gasteiger partial charge is 0.396 e. The van der Waals surface area contributed by atoms with Gasteiger partial charge in [0.15, 0.2) is 0 Å². The Balaban J connectivity index is 2.59. The van der Waals surface area contributed by atoms with Crippen molar-refractivity contribution in [2.24, 2.45) is 5.41 Å².